The molecule has 2 aromatic carbocycles. The molecule has 2 aliphatic rings. The van der Waals surface area contributed by atoms with E-state index in [1.165, 1.54) is 18.2 Å². The summed E-state index contributed by atoms with van der Waals surface area (Å²) in [4.78, 5) is 28.5. The largest absolute Gasteiger partial charge is 0.494 e. The molecule has 8 nitrogen and oxygen atoms in total. The second-order valence-electron chi connectivity index (χ2n) is 8.10. The number of benzene rings is 2. The number of carbonyl (C=O) groups excluding carboxylic acids is 2. The number of nitrogens with zero attached hydrogens (tertiary/aromatic N) is 2. The summed E-state index contributed by atoms with van der Waals surface area (Å²) in [5, 5.41) is 0.0184. The molecule has 4 rings (SSSR count). The van der Waals surface area contributed by atoms with Crippen molar-refractivity contribution in [1.29, 1.82) is 0 Å². The molecule has 0 spiro atoms. The molecule has 1 saturated carbocycles. The van der Waals surface area contributed by atoms with Crippen molar-refractivity contribution in [1.82, 2.24) is 9.80 Å². The van der Waals surface area contributed by atoms with Crippen LogP contribution in [0.2, 0.25) is 5.02 Å². The average molecular weight is 492 g/mol. The molecule has 0 aromatic heterocycles. The monoisotopic (exact) mass is 491 g/mol. The molecule has 0 unspecified atom stereocenters. The second-order valence-corrected chi connectivity index (χ2v) is 10.2. The van der Waals surface area contributed by atoms with E-state index in [2.05, 4.69) is 4.72 Å². The maximum atomic E-state index is 13.0. The standard InChI is InChI=1S/C23H26ClN3O5S/c1-2-32-19-8-6-18(7-9-19)25-33(30,31)21-15-17(5-10-20(21)24)23(29)27-13-11-26(12-14-27)22(28)16-3-4-16/h5-10,15-16,25H,2-4,11-14H2,1H3. The van der Waals surface area contributed by atoms with Crippen LogP contribution in [0.15, 0.2) is 47.4 Å². The Bertz CT molecular complexity index is 1140. The second kappa shape index (κ2) is 9.61. The van der Waals surface area contributed by atoms with E-state index in [-0.39, 0.29) is 33.2 Å². The first-order valence-electron chi connectivity index (χ1n) is 10.9. The molecule has 2 fully saturated rings. The molecule has 1 N–H and O–H groups in total. The Labute approximate surface area is 198 Å². The fourth-order valence-corrected chi connectivity index (χ4v) is 5.32. The topological polar surface area (TPSA) is 96.0 Å². The van der Waals surface area contributed by atoms with Gasteiger partial charge in [0, 0.05) is 43.3 Å². The molecule has 1 saturated heterocycles. The van der Waals surface area contributed by atoms with Crippen molar-refractivity contribution in [2.75, 3.05) is 37.5 Å². The molecular weight excluding hydrogens is 466 g/mol. The Morgan fingerprint density at radius 1 is 1.03 bits per heavy atom. The maximum Gasteiger partial charge on any atom is 0.263 e. The molecule has 33 heavy (non-hydrogen) atoms. The smallest absolute Gasteiger partial charge is 0.263 e. The van der Waals surface area contributed by atoms with Crippen molar-refractivity contribution in [3.63, 3.8) is 0 Å². The Morgan fingerprint density at radius 3 is 2.27 bits per heavy atom. The summed E-state index contributed by atoms with van der Waals surface area (Å²) in [6.45, 7) is 4.16. The molecular formula is C23H26ClN3O5S. The lowest BCUT2D eigenvalue weighted by Gasteiger charge is -2.35. The van der Waals surface area contributed by atoms with E-state index in [1.54, 1.807) is 34.1 Å². The number of anilines is 1. The number of halogens is 1. The molecule has 1 aliphatic heterocycles. The van der Waals surface area contributed by atoms with Gasteiger partial charge in [0.2, 0.25) is 5.91 Å². The van der Waals surface area contributed by atoms with E-state index in [1.807, 2.05) is 6.92 Å². The van der Waals surface area contributed by atoms with Crippen LogP contribution in [0.4, 0.5) is 5.69 Å². The summed E-state index contributed by atoms with van der Waals surface area (Å²) in [7, 11) is -4.02. The Balaban J connectivity index is 1.46. The van der Waals surface area contributed by atoms with Crippen LogP contribution in [0.25, 0.3) is 0 Å². The van der Waals surface area contributed by atoms with Crippen LogP contribution in [-0.4, -0.2) is 62.8 Å². The molecule has 1 aliphatic carbocycles. The Hall–Kier alpha value is -2.78. The molecule has 2 aromatic rings. The van der Waals surface area contributed by atoms with Crippen LogP contribution >= 0.6 is 11.6 Å². The van der Waals surface area contributed by atoms with Crippen LogP contribution in [-0.2, 0) is 14.8 Å². The van der Waals surface area contributed by atoms with E-state index in [0.717, 1.165) is 12.8 Å². The normalized spacial score (nSPS) is 16.4. The third-order valence-electron chi connectivity index (χ3n) is 5.69. The minimum Gasteiger partial charge on any atom is -0.494 e. The molecule has 176 valence electrons. The zero-order valence-corrected chi connectivity index (χ0v) is 19.9. The zero-order chi connectivity index (χ0) is 23.6. The summed E-state index contributed by atoms with van der Waals surface area (Å²) in [5.41, 5.74) is 0.580. The van der Waals surface area contributed by atoms with Gasteiger partial charge < -0.3 is 14.5 Å². The fraction of sp³-hybridized carbons (Fsp3) is 0.391. The van der Waals surface area contributed by atoms with Crippen LogP contribution < -0.4 is 9.46 Å². The number of carbonyl (C=O) groups is 2. The van der Waals surface area contributed by atoms with Gasteiger partial charge in [0.15, 0.2) is 0 Å². The lowest BCUT2D eigenvalue weighted by Crippen LogP contribution is -2.51. The maximum absolute atomic E-state index is 13.0. The summed E-state index contributed by atoms with van der Waals surface area (Å²) >= 11 is 6.19. The first kappa shape index (κ1) is 23.4. The van der Waals surface area contributed by atoms with Crippen molar-refractivity contribution >= 4 is 39.1 Å². The highest BCUT2D eigenvalue weighted by Gasteiger charge is 2.35. The van der Waals surface area contributed by atoms with Crippen LogP contribution in [0.1, 0.15) is 30.1 Å². The number of sulfonamides is 1. The highest BCUT2D eigenvalue weighted by Crippen LogP contribution is 2.31. The number of amides is 2. The van der Waals surface area contributed by atoms with Gasteiger partial charge >= 0.3 is 0 Å². The van der Waals surface area contributed by atoms with Crippen molar-refractivity contribution < 1.29 is 22.7 Å². The van der Waals surface area contributed by atoms with E-state index in [0.29, 0.717) is 44.2 Å². The number of nitrogens with one attached hydrogen (secondary N) is 1. The van der Waals surface area contributed by atoms with Gasteiger partial charge in [-0.25, -0.2) is 8.42 Å². The SMILES string of the molecule is CCOc1ccc(NS(=O)(=O)c2cc(C(=O)N3CCN(C(=O)C4CC4)CC3)ccc2Cl)cc1. The fourth-order valence-electron chi connectivity index (χ4n) is 3.74. The Kier molecular flexibility index (Phi) is 6.81. The minimum absolute atomic E-state index is 0.0184. The molecule has 0 radical (unpaired) electrons. The summed E-state index contributed by atoms with van der Waals surface area (Å²) in [6, 6.07) is 10.7. The average Bonchev–Trinajstić information content (AvgIpc) is 3.65. The molecule has 10 heteroatoms. The van der Waals surface area contributed by atoms with Crippen molar-refractivity contribution in [2.45, 2.75) is 24.7 Å². The van der Waals surface area contributed by atoms with E-state index in [4.69, 9.17) is 16.3 Å². The lowest BCUT2D eigenvalue weighted by molar-refractivity contribution is -0.134. The molecule has 0 bridgehead atoms. The third-order valence-corrected chi connectivity index (χ3v) is 7.55. The highest BCUT2D eigenvalue weighted by molar-refractivity contribution is 7.92. The van der Waals surface area contributed by atoms with Gasteiger partial charge in [0.1, 0.15) is 10.6 Å². The first-order chi connectivity index (χ1) is 15.8. The number of piperazine rings is 1. The van der Waals surface area contributed by atoms with Crippen LogP contribution in [0.5, 0.6) is 5.75 Å². The quantitative estimate of drug-likeness (QED) is 0.641. The van der Waals surface area contributed by atoms with Gasteiger partial charge in [-0.1, -0.05) is 11.6 Å². The van der Waals surface area contributed by atoms with Crippen LogP contribution in [0, 0.1) is 5.92 Å². The number of hydrogen-bond donors (Lipinski definition) is 1. The lowest BCUT2D eigenvalue weighted by atomic mass is 10.1. The number of hydrogen-bond acceptors (Lipinski definition) is 5. The number of rotatable bonds is 7. The summed E-state index contributed by atoms with van der Waals surface area (Å²) in [6.07, 6.45) is 1.90. The van der Waals surface area contributed by atoms with Gasteiger partial charge in [0.05, 0.1) is 11.6 Å². The molecule has 0 atom stereocenters. The van der Waals surface area contributed by atoms with E-state index < -0.39 is 10.0 Å². The minimum atomic E-state index is -4.02. The molecule has 1 heterocycles. The van der Waals surface area contributed by atoms with Gasteiger partial charge in [-0.05, 0) is 62.2 Å². The van der Waals surface area contributed by atoms with E-state index >= 15 is 0 Å². The van der Waals surface area contributed by atoms with Crippen LogP contribution in [0.3, 0.4) is 0 Å². The zero-order valence-electron chi connectivity index (χ0n) is 18.3. The van der Waals surface area contributed by atoms with Gasteiger partial charge in [-0.2, -0.15) is 0 Å². The van der Waals surface area contributed by atoms with Gasteiger partial charge in [-0.15, -0.1) is 0 Å². The van der Waals surface area contributed by atoms with E-state index in [9.17, 15) is 18.0 Å². The predicted octanol–water partition coefficient (Wildman–Crippen LogP) is 3.23. The molecule has 2 amide bonds. The Morgan fingerprint density at radius 2 is 1.67 bits per heavy atom. The third kappa shape index (κ3) is 5.42. The highest BCUT2D eigenvalue weighted by atomic mass is 35.5. The number of ether oxygens (including phenoxy) is 1. The summed E-state index contributed by atoms with van der Waals surface area (Å²) in [5.74, 6) is 0.661. The summed E-state index contributed by atoms with van der Waals surface area (Å²) < 4.78 is 33.8. The van der Waals surface area contributed by atoms with Gasteiger partial charge in [0.25, 0.3) is 15.9 Å². The van der Waals surface area contributed by atoms with Crippen molar-refractivity contribution in [3.05, 3.63) is 53.1 Å². The van der Waals surface area contributed by atoms with Gasteiger partial charge in [-0.3, -0.25) is 14.3 Å². The van der Waals surface area contributed by atoms with Crippen molar-refractivity contribution in [2.24, 2.45) is 5.92 Å². The van der Waals surface area contributed by atoms with Crippen molar-refractivity contribution in [3.8, 4) is 5.75 Å². The first-order valence-corrected chi connectivity index (χ1v) is 12.8. The predicted molar refractivity (Wildman–Crippen MR) is 125 cm³/mol.